The zero-order valence-corrected chi connectivity index (χ0v) is 15.5. The van der Waals surface area contributed by atoms with Gasteiger partial charge in [-0.1, -0.05) is 6.07 Å². The Kier molecular flexibility index (Phi) is 6.96. The second-order valence-electron chi connectivity index (χ2n) is 6.18. The monoisotopic (exact) mass is 406 g/mol. The third kappa shape index (κ3) is 6.15. The van der Waals surface area contributed by atoms with E-state index in [0.717, 1.165) is 24.8 Å². The van der Waals surface area contributed by atoms with Crippen molar-refractivity contribution in [2.75, 3.05) is 43.1 Å². The van der Waals surface area contributed by atoms with Crippen molar-refractivity contribution in [1.29, 1.82) is 0 Å². The lowest BCUT2D eigenvalue weighted by atomic mass is 10.2. The maximum Gasteiger partial charge on any atom is 0.387 e. The average molecular weight is 406 g/mol. The smallest absolute Gasteiger partial charge is 0.387 e. The standard InChI is InChI=1S/C20H20F2N2O5/c21-20(22)29-17-3-1-2-14(12-17)19(26)28-13-18(25)23-15-4-6-16(7-5-15)24-8-10-27-11-9-24/h1-7,12,20H,8-11,13H2,(H,23,25). The number of alkyl halides is 2. The second kappa shape index (κ2) is 9.83. The molecule has 0 saturated carbocycles. The lowest BCUT2D eigenvalue weighted by Gasteiger charge is -2.28. The van der Waals surface area contributed by atoms with Crippen molar-refractivity contribution < 1.29 is 32.6 Å². The third-order valence-electron chi connectivity index (χ3n) is 4.16. The summed E-state index contributed by atoms with van der Waals surface area (Å²) in [5.74, 6) is -1.50. The van der Waals surface area contributed by atoms with E-state index in [1.807, 2.05) is 12.1 Å². The minimum absolute atomic E-state index is 0.00538. The van der Waals surface area contributed by atoms with Crippen LogP contribution in [0.2, 0.25) is 0 Å². The van der Waals surface area contributed by atoms with E-state index in [0.29, 0.717) is 18.9 Å². The largest absolute Gasteiger partial charge is 0.452 e. The maximum atomic E-state index is 12.2. The first-order valence-electron chi connectivity index (χ1n) is 8.96. The van der Waals surface area contributed by atoms with Gasteiger partial charge >= 0.3 is 12.6 Å². The fraction of sp³-hybridized carbons (Fsp3) is 0.300. The minimum Gasteiger partial charge on any atom is -0.452 e. The maximum absolute atomic E-state index is 12.2. The molecule has 0 aromatic heterocycles. The summed E-state index contributed by atoms with van der Waals surface area (Å²) in [6.45, 7) is -0.524. The summed E-state index contributed by atoms with van der Waals surface area (Å²) in [5.41, 5.74) is 1.60. The Balaban J connectivity index is 1.48. The normalized spacial score (nSPS) is 13.8. The van der Waals surface area contributed by atoms with Gasteiger partial charge < -0.3 is 24.4 Å². The predicted octanol–water partition coefficient (Wildman–Crippen LogP) is 2.92. The number of hydrogen-bond donors (Lipinski definition) is 1. The predicted molar refractivity (Wildman–Crippen MR) is 101 cm³/mol. The van der Waals surface area contributed by atoms with E-state index in [4.69, 9.17) is 9.47 Å². The SMILES string of the molecule is O=C(COC(=O)c1cccc(OC(F)F)c1)Nc1ccc(N2CCOCC2)cc1. The zero-order valence-electron chi connectivity index (χ0n) is 15.5. The Hall–Kier alpha value is -3.20. The fourth-order valence-corrected chi connectivity index (χ4v) is 2.79. The summed E-state index contributed by atoms with van der Waals surface area (Å²) in [6, 6.07) is 12.5. The number of anilines is 2. The molecule has 2 aromatic rings. The number of rotatable bonds is 7. The molecule has 1 amide bonds. The first-order chi connectivity index (χ1) is 14.0. The van der Waals surface area contributed by atoms with Gasteiger partial charge in [-0.05, 0) is 42.5 Å². The summed E-state index contributed by atoms with van der Waals surface area (Å²) in [6.07, 6.45) is 0. The van der Waals surface area contributed by atoms with Crippen molar-refractivity contribution >= 4 is 23.3 Å². The number of morpholine rings is 1. The van der Waals surface area contributed by atoms with Crippen molar-refractivity contribution in [2.45, 2.75) is 6.61 Å². The Morgan fingerprint density at radius 3 is 2.52 bits per heavy atom. The molecule has 7 nitrogen and oxygen atoms in total. The summed E-state index contributed by atoms with van der Waals surface area (Å²) in [5, 5.41) is 2.63. The van der Waals surface area contributed by atoms with Gasteiger partial charge in [0.15, 0.2) is 6.61 Å². The molecular formula is C20H20F2N2O5. The van der Waals surface area contributed by atoms with Crippen molar-refractivity contribution in [3.8, 4) is 5.75 Å². The Labute approximate surface area is 166 Å². The molecule has 0 atom stereocenters. The molecule has 0 unspecified atom stereocenters. The number of nitrogens with zero attached hydrogens (tertiary/aromatic N) is 1. The van der Waals surface area contributed by atoms with Gasteiger partial charge in [0.1, 0.15) is 5.75 Å². The molecule has 2 aromatic carbocycles. The van der Waals surface area contributed by atoms with Crippen LogP contribution in [0.25, 0.3) is 0 Å². The molecule has 1 heterocycles. The molecule has 1 N–H and O–H groups in total. The van der Waals surface area contributed by atoms with Crippen molar-refractivity contribution in [3.05, 3.63) is 54.1 Å². The van der Waals surface area contributed by atoms with Gasteiger partial charge in [0.25, 0.3) is 5.91 Å². The molecule has 0 bridgehead atoms. The lowest BCUT2D eigenvalue weighted by molar-refractivity contribution is -0.119. The van der Waals surface area contributed by atoms with Crippen molar-refractivity contribution in [2.24, 2.45) is 0 Å². The number of esters is 1. The van der Waals surface area contributed by atoms with E-state index in [9.17, 15) is 18.4 Å². The van der Waals surface area contributed by atoms with Crippen LogP contribution in [0.15, 0.2) is 48.5 Å². The number of carbonyl (C=O) groups excluding carboxylic acids is 2. The van der Waals surface area contributed by atoms with Crippen LogP contribution in [0, 0.1) is 0 Å². The molecule has 29 heavy (non-hydrogen) atoms. The quantitative estimate of drug-likeness (QED) is 0.713. The van der Waals surface area contributed by atoms with Crippen LogP contribution in [-0.2, 0) is 14.3 Å². The Bertz CT molecular complexity index is 839. The van der Waals surface area contributed by atoms with E-state index in [1.54, 1.807) is 12.1 Å². The third-order valence-corrected chi connectivity index (χ3v) is 4.16. The van der Waals surface area contributed by atoms with Crippen LogP contribution in [0.3, 0.4) is 0 Å². The van der Waals surface area contributed by atoms with E-state index in [2.05, 4.69) is 15.0 Å². The number of benzene rings is 2. The number of halogens is 2. The second-order valence-corrected chi connectivity index (χ2v) is 6.18. The highest BCUT2D eigenvalue weighted by Crippen LogP contribution is 2.19. The van der Waals surface area contributed by atoms with Gasteiger partial charge in [-0.15, -0.1) is 0 Å². The topological polar surface area (TPSA) is 77.1 Å². The molecule has 1 fully saturated rings. The highest BCUT2D eigenvalue weighted by molar-refractivity contribution is 5.95. The van der Waals surface area contributed by atoms with Gasteiger partial charge in [0.2, 0.25) is 0 Å². The zero-order chi connectivity index (χ0) is 20.6. The van der Waals surface area contributed by atoms with Gasteiger partial charge in [0.05, 0.1) is 18.8 Å². The van der Waals surface area contributed by atoms with Gasteiger partial charge in [-0.25, -0.2) is 4.79 Å². The molecule has 154 valence electrons. The molecule has 9 heteroatoms. The van der Waals surface area contributed by atoms with Gasteiger partial charge in [-0.2, -0.15) is 8.78 Å². The summed E-state index contributed by atoms with van der Waals surface area (Å²) < 4.78 is 39.0. The number of carbonyl (C=O) groups is 2. The Morgan fingerprint density at radius 1 is 1.10 bits per heavy atom. The van der Waals surface area contributed by atoms with E-state index in [-0.39, 0.29) is 11.3 Å². The molecule has 0 radical (unpaired) electrons. The first kappa shape index (κ1) is 20.5. The highest BCUT2D eigenvalue weighted by Gasteiger charge is 2.14. The molecule has 0 spiro atoms. The van der Waals surface area contributed by atoms with Crippen LogP contribution in [0.5, 0.6) is 5.75 Å². The van der Waals surface area contributed by atoms with Crippen molar-refractivity contribution in [1.82, 2.24) is 0 Å². The number of ether oxygens (including phenoxy) is 3. The fourth-order valence-electron chi connectivity index (χ4n) is 2.79. The van der Waals surface area contributed by atoms with E-state index >= 15 is 0 Å². The minimum atomic E-state index is -3.00. The number of hydrogen-bond acceptors (Lipinski definition) is 6. The van der Waals surface area contributed by atoms with Crippen LogP contribution in [0.1, 0.15) is 10.4 Å². The van der Waals surface area contributed by atoms with Gasteiger partial charge in [0, 0.05) is 24.5 Å². The van der Waals surface area contributed by atoms with Crippen LogP contribution >= 0.6 is 0 Å². The average Bonchev–Trinajstić information content (AvgIpc) is 2.73. The summed E-state index contributed by atoms with van der Waals surface area (Å²) in [7, 11) is 0. The van der Waals surface area contributed by atoms with Crippen LogP contribution < -0.4 is 15.0 Å². The van der Waals surface area contributed by atoms with E-state index in [1.165, 1.54) is 18.2 Å². The van der Waals surface area contributed by atoms with Crippen LogP contribution in [-0.4, -0.2) is 51.4 Å². The molecule has 3 rings (SSSR count). The lowest BCUT2D eigenvalue weighted by Crippen LogP contribution is -2.36. The first-order valence-corrected chi connectivity index (χ1v) is 8.96. The van der Waals surface area contributed by atoms with Crippen LogP contribution in [0.4, 0.5) is 20.2 Å². The molecule has 1 aliphatic heterocycles. The number of amides is 1. The molecule has 0 aliphatic carbocycles. The molecular weight excluding hydrogens is 386 g/mol. The Morgan fingerprint density at radius 2 is 1.83 bits per heavy atom. The summed E-state index contributed by atoms with van der Waals surface area (Å²) >= 11 is 0. The van der Waals surface area contributed by atoms with Crippen molar-refractivity contribution in [3.63, 3.8) is 0 Å². The highest BCUT2D eigenvalue weighted by atomic mass is 19.3. The van der Waals surface area contributed by atoms with Gasteiger partial charge in [-0.3, -0.25) is 4.79 Å². The van der Waals surface area contributed by atoms with E-state index < -0.39 is 25.1 Å². The molecule has 1 saturated heterocycles. The summed E-state index contributed by atoms with van der Waals surface area (Å²) in [4.78, 5) is 26.2. The molecule has 1 aliphatic rings. The number of nitrogens with one attached hydrogen (secondary N) is 1.